The van der Waals surface area contributed by atoms with Crippen LogP contribution in [0.15, 0.2) is 42.7 Å². The molecule has 0 spiro atoms. The Balaban J connectivity index is 1.20. The molecule has 4 aromatic rings. The fraction of sp³-hybridized carbons (Fsp3) is 0.500. The Morgan fingerprint density at radius 1 is 1.16 bits per heavy atom. The normalized spacial score (nSPS) is 22.2. The Kier molecular flexibility index (Phi) is 7.96. The second kappa shape index (κ2) is 11.7. The summed E-state index contributed by atoms with van der Waals surface area (Å²) in [6.07, 6.45) is 7.88. The Labute approximate surface area is 251 Å². The third-order valence-corrected chi connectivity index (χ3v) is 9.16. The highest BCUT2D eigenvalue weighted by atomic mass is 16.5. The van der Waals surface area contributed by atoms with Crippen molar-refractivity contribution in [3.63, 3.8) is 0 Å². The number of hydrogen-bond donors (Lipinski definition) is 2. The molecular weight excluding hydrogens is 544 g/mol. The van der Waals surface area contributed by atoms with Crippen LogP contribution in [0.25, 0.3) is 16.4 Å². The number of nitrogens with zero attached hydrogens (tertiary/aromatic N) is 7. The standard InChI is InChI=1S/C32H40N8O3/c1-32(2,42)27-15-28-22(14-29(27)35-31(41)30-10-9-25-13-21(16-33)17-34-40(25)30)18-39(36-28)24-7-5-23(6-8-24)38-12-11-37(3)26(19-38)20-43-4/h9-10,13-15,17-18,23-24,26,42H,5-8,11-12,19-20H2,1-4H3,(H,35,41)/t23?,24?,26-/m1/s1. The van der Waals surface area contributed by atoms with Gasteiger partial charge in [-0.1, -0.05) is 0 Å². The molecule has 1 aliphatic carbocycles. The highest BCUT2D eigenvalue weighted by molar-refractivity contribution is 6.05. The fourth-order valence-electron chi connectivity index (χ4n) is 6.67. The highest BCUT2D eigenvalue weighted by Gasteiger charge is 2.32. The van der Waals surface area contributed by atoms with Crippen molar-refractivity contribution in [2.45, 2.75) is 63.3 Å². The van der Waals surface area contributed by atoms with Gasteiger partial charge in [-0.2, -0.15) is 15.5 Å². The van der Waals surface area contributed by atoms with E-state index in [0.717, 1.165) is 62.8 Å². The number of carbonyl (C=O) groups excluding carboxylic acids is 1. The molecule has 2 N–H and O–H groups in total. The zero-order chi connectivity index (χ0) is 30.3. The van der Waals surface area contributed by atoms with Gasteiger partial charge < -0.3 is 15.2 Å². The Morgan fingerprint density at radius 2 is 1.93 bits per heavy atom. The molecule has 1 aliphatic heterocycles. The molecule has 6 rings (SSSR count). The van der Waals surface area contributed by atoms with Gasteiger partial charge in [0.05, 0.1) is 41.0 Å². The first kappa shape index (κ1) is 29.3. The molecule has 1 saturated heterocycles. The summed E-state index contributed by atoms with van der Waals surface area (Å²) in [6.45, 7) is 7.39. The smallest absolute Gasteiger partial charge is 0.274 e. The minimum atomic E-state index is -1.21. The summed E-state index contributed by atoms with van der Waals surface area (Å²) in [4.78, 5) is 18.4. The number of benzene rings is 1. The molecular formula is C32H40N8O3. The first-order chi connectivity index (χ1) is 20.6. The molecule has 11 heteroatoms. The summed E-state index contributed by atoms with van der Waals surface area (Å²) in [5.41, 5.74) is 2.11. The van der Waals surface area contributed by atoms with Gasteiger partial charge in [-0.25, -0.2) is 4.52 Å². The van der Waals surface area contributed by atoms with Gasteiger partial charge in [0.25, 0.3) is 5.91 Å². The zero-order valence-corrected chi connectivity index (χ0v) is 25.3. The van der Waals surface area contributed by atoms with Gasteiger partial charge in [-0.05, 0) is 76.9 Å². The van der Waals surface area contributed by atoms with Crippen LogP contribution in [0.2, 0.25) is 0 Å². The summed E-state index contributed by atoms with van der Waals surface area (Å²) in [5.74, 6) is -0.357. The maximum absolute atomic E-state index is 13.4. The number of ether oxygens (including phenoxy) is 1. The lowest BCUT2D eigenvalue weighted by molar-refractivity contribution is 0.0115. The van der Waals surface area contributed by atoms with Crippen molar-refractivity contribution in [1.82, 2.24) is 29.2 Å². The van der Waals surface area contributed by atoms with E-state index >= 15 is 0 Å². The molecule has 1 atom stereocenters. The number of hydrogen-bond acceptors (Lipinski definition) is 8. The van der Waals surface area contributed by atoms with Crippen molar-refractivity contribution in [2.24, 2.45) is 0 Å². The van der Waals surface area contributed by atoms with Crippen LogP contribution >= 0.6 is 0 Å². The van der Waals surface area contributed by atoms with Crippen molar-refractivity contribution in [3.8, 4) is 6.07 Å². The monoisotopic (exact) mass is 584 g/mol. The van der Waals surface area contributed by atoms with Gasteiger partial charge in [0.1, 0.15) is 11.8 Å². The molecule has 3 aromatic heterocycles. The summed E-state index contributed by atoms with van der Waals surface area (Å²) in [6, 6.07) is 12.3. The van der Waals surface area contributed by atoms with E-state index in [4.69, 9.17) is 15.1 Å². The lowest BCUT2D eigenvalue weighted by Crippen LogP contribution is -2.56. The topological polar surface area (TPSA) is 124 Å². The molecule has 0 radical (unpaired) electrons. The SMILES string of the molecule is COC[C@H]1CN(C2CCC(n3cc4cc(NC(=O)c5ccc6cc(C#N)cnn56)c(C(C)(C)O)cc4n3)CC2)CCN1C. The predicted molar refractivity (Wildman–Crippen MR) is 164 cm³/mol. The average Bonchev–Trinajstić information content (AvgIpc) is 3.61. The molecule has 0 bridgehead atoms. The van der Waals surface area contributed by atoms with Crippen LogP contribution in [-0.2, 0) is 10.3 Å². The molecule has 1 saturated carbocycles. The lowest BCUT2D eigenvalue weighted by atomic mass is 9.89. The molecule has 2 fully saturated rings. The second-order valence-electron chi connectivity index (χ2n) is 12.5. The molecule has 43 heavy (non-hydrogen) atoms. The molecule has 11 nitrogen and oxygen atoms in total. The van der Waals surface area contributed by atoms with E-state index in [1.54, 1.807) is 39.2 Å². The Bertz CT molecular complexity index is 1670. The number of nitriles is 1. The van der Waals surface area contributed by atoms with Crippen molar-refractivity contribution in [3.05, 3.63) is 59.5 Å². The van der Waals surface area contributed by atoms with Crippen LogP contribution < -0.4 is 5.32 Å². The number of methoxy groups -OCH3 is 1. The van der Waals surface area contributed by atoms with E-state index in [9.17, 15) is 9.90 Å². The number of fused-ring (bicyclic) bond motifs is 2. The van der Waals surface area contributed by atoms with Crippen LogP contribution in [0.4, 0.5) is 5.69 Å². The lowest BCUT2D eigenvalue weighted by Gasteiger charge is -2.44. The Hall–Kier alpha value is -3.82. The first-order valence-electron chi connectivity index (χ1n) is 15.0. The maximum atomic E-state index is 13.4. The van der Waals surface area contributed by atoms with E-state index in [-0.39, 0.29) is 5.91 Å². The zero-order valence-electron chi connectivity index (χ0n) is 25.3. The average molecular weight is 585 g/mol. The van der Waals surface area contributed by atoms with Gasteiger partial charge in [-0.15, -0.1) is 0 Å². The van der Waals surface area contributed by atoms with Gasteiger partial charge in [0.2, 0.25) is 0 Å². The largest absolute Gasteiger partial charge is 0.386 e. The number of nitrogens with one attached hydrogen (secondary N) is 1. The third-order valence-electron chi connectivity index (χ3n) is 9.16. The van der Waals surface area contributed by atoms with Gasteiger partial charge >= 0.3 is 0 Å². The van der Waals surface area contributed by atoms with E-state index in [2.05, 4.69) is 44.2 Å². The minimum absolute atomic E-state index is 0.311. The van der Waals surface area contributed by atoms with E-state index in [1.807, 2.05) is 12.1 Å². The van der Waals surface area contributed by atoms with Crippen LogP contribution in [0.1, 0.15) is 67.2 Å². The van der Waals surface area contributed by atoms with Crippen molar-refractivity contribution >= 4 is 28.0 Å². The molecule has 1 amide bonds. The number of likely N-dealkylation sites (N-methyl/N-ethyl adjacent to an activating group) is 1. The van der Waals surface area contributed by atoms with E-state index in [0.29, 0.717) is 46.2 Å². The van der Waals surface area contributed by atoms with Crippen LogP contribution in [0.3, 0.4) is 0 Å². The van der Waals surface area contributed by atoms with Crippen LogP contribution in [0, 0.1) is 11.3 Å². The van der Waals surface area contributed by atoms with Gasteiger partial charge in [0.15, 0.2) is 0 Å². The molecule has 4 heterocycles. The summed E-state index contributed by atoms with van der Waals surface area (Å²) >= 11 is 0. The van der Waals surface area contributed by atoms with Crippen molar-refractivity contribution in [1.29, 1.82) is 5.26 Å². The number of amides is 1. The molecule has 0 unspecified atom stereocenters. The highest BCUT2D eigenvalue weighted by Crippen LogP contribution is 2.36. The predicted octanol–water partition coefficient (Wildman–Crippen LogP) is 3.78. The summed E-state index contributed by atoms with van der Waals surface area (Å²) in [7, 11) is 3.97. The quantitative estimate of drug-likeness (QED) is 0.336. The number of anilines is 1. The number of aromatic nitrogens is 4. The molecule has 1 aromatic carbocycles. The maximum Gasteiger partial charge on any atom is 0.274 e. The van der Waals surface area contributed by atoms with Crippen molar-refractivity contribution < 1.29 is 14.6 Å². The second-order valence-corrected chi connectivity index (χ2v) is 12.5. The van der Waals surface area contributed by atoms with Crippen molar-refractivity contribution in [2.75, 3.05) is 45.7 Å². The number of rotatable bonds is 7. The number of aliphatic hydroxyl groups is 1. The first-order valence-corrected chi connectivity index (χ1v) is 15.0. The van der Waals surface area contributed by atoms with Gasteiger partial charge in [-0.3, -0.25) is 19.3 Å². The number of carbonyl (C=O) groups is 1. The minimum Gasteiger partial charge on any atom is -0.386 e. The Morgan fingerprint density at radius 3 is 2.65 bits per heavy atom. The van der Waals surface area contributed by atoms with Crippen LogP contribution in [-0.4, -0.2) is 92.7 Å². The van der Waals surface area contributed by atoms with E-state index < -0.39 is 5.60 Å². The number of piperazine rings is 1. The fourth-order valence-corrected chi connectivity index (χ4v) is 6.67. The molecule has 226 valence electrons. The van der Waals surface area contributed by atoms with Crippen LogP contribution in [0.5, 0.6) is 0 Å². The molecule has 2 aliphatic rings. The van der Waals surface area contributed by atoms with Gasteiger partial charge in [0, 0.05) is 61.7 Å². The third kappa shape index (κ3) is 5.88. The summed E-state index contributed by atoms with van der Waals surface area (Å²) in [5, 5.41) is 33.3. The van der Waals surface area contributed by atoms with E-state index in [1.165, 1.54) is 10.7 Å². The summed E-state index contributed by atoms with van der Waals surface area (Å²) < 4.78 is 9.05.